The minimum Gasteiger partial charge on any atom is -0.321 e. The maximum Gasteiger partial charge on any atom is 0.244 e. The number of hydrogen-bond donors (Lipinski definition) is 1. The van der Waals surface area contributed by atoms with Crippen molar-refractivity contribution in [1.29, 1.82) is 5.26 Å². The Balaban J connectivity index is 2.99. The Kier molecular flexibility index (Phi) is 3.51. The van der Waals surface area contributed by atoms with Crippen LogP contribution in [0.5, 0.6) is 0 Å². The Hall–Kier alpha value is -1.60. The number of nitrogens with zero attached hydrogens (tertiary/aromatic N) is 1. The van der Waals surface area contributed by atoms with E-state index >= 15 is 0 Å². The van der Waals surface area contributed by atoms with Gasteiger partial charge < -0.3 is 5.32 Å². The first kappa shape index (κ1) is 12.5. The fraction of sp³-hybridized carbons (Fsp3) is 0.273. The van der Waals surface area contributed by atoms with Crippen LogP contribution in [-0.2, 0) is 4.79 Å². The summed E-state index contributed by atoms with van der Waals surface area (Å²) in [6.07, 6.45) is 0. The van der Waals surface area contributed by atoms with Gasteiger partial charge in [0.15, 0.2) is 0 Å². The summed E-state index contributed by atoms with van der Waals surface area (Å²) in [6.45, 7) is 2.88. The molecule has 0 atom stereocenters. The topological polar surface area (TPSA) is 52.9 Å². The minimum atomic E-state index is -1.23. The molecule has 0 aliphatic rings. The standard InChI is InChI=1S/C11H10ClFN2O/c1-11(2,6-14)10(16)15-9-7(12)4-3-5-8(9)13/h3-5H,1-2H3,(H,15,16). The van der Waals surface area contributed by atoms with E-state index in [-0.39, 0.29) is 10.7 Å². The number of carbonyl (C=O) groups excluding carboxylic acids is 1. The van der Waals surface area contributed by atoms with Crippen LogP contribution in [0.1, 0.15) is 13.8 Å². The molecule has 0 saturated heterocycles. The van der Waals surface area contributed by atoms with E-state index in [2.05, 4.69) is 5.32 Å². The molecule has 5 heteroatoms. The van der Waals surface area contributed by atoms with Gasteiger partial charge in [-0.3, -0.25) is 4.79 Å². The molecule has 0 saturated carbocycles. The highest BCUT2D eigenvalue weighted by atomic mass is 35.5. The second kappa shape index (κ2) is 4.50. The molecule has 1 aromatic carbocycles. The van der Waals surface area contributed by atoms with E-state index in [1.807, 2.05) is 6.07 Å². The maximum atomic E-state index is 13.3. The molecule has 0 spiro atoms. The van der Waals surface area contributed by atoms with Crippen LogP contribution < -0.4 is 5.32 Å². The lowest BCUT2D eigenvalue weighted by Crippen LogP contribution is -2.29. The van der Waals surface area contributed by atoms with Crippen LogP contribution in [0.3, 0.4) is 0 Å². The molecule has 1 aromatic rings. The first-order valence-corrected chi connectivity index (χ1v) is 4.93. The van der Waals surface area contributed by atoms with E-state index < -0.39 is 17.1 Å². The molecule has 0 unspecified atom stereocenters. The molecule has 0 bridgehead atoms. The minimum absolute atomic E-state index is 0.0992. The molecule has 0 fully saturated rings. The number of hydrogen-bond acceptors (Lipinski definition) is 2. The molecule has 0 aliphatic carbocycles. The van der Waals surface area contributed by atoms with E-state index in [0.717, 1.165) is 0 Å². The van der Waals surface area contributed by atoms with E-state index in [9.17, 15) is 9.18 Å². The van der Waals surface area contributed by atoms with Crippen molar-refractivity contribution in [2.45, 2.75) is 13.8 Å². The second-order valence-electron chi connectivity index (χ2n) is 3.79. The van der Waals surface area contributed by atoms with Crippen LogP contribution >= 0.6 is 11.6 Å². The Labute approximate surface area is 97.8 Å². The van der Waals surface area contributed by atoms with Crippen molar-refractivity contribution in [3.63, 3.8) is 0 Å². The fourth-order valence-corrected chi connectivity index (χ4v) is 1.15. The monoisotopic (exact) mass is 240 g/mol. The van der Waals surface area contributed by atoms with Gasteiger partial charge >= 0.3 is 0 Å². The molecule has 0 heterocycles. The van der Waals surface area contributed by atoms with Gasteiger partial charge in [-0.25, -0.2) is 4.39 Å². The Morgan fingerprint density at radius 2 is 2.19 bits per heavy atom. The molecular weight excluding hydrogens is 231 g/mol. The highest BCUT2D eigenvalue weighted by Crippen LogP contribution is 2.26. The van der Waals surface area contributed by atoms with Crippen molar-refractivity contribution in [3.05, 3.63) is 29.0 Å². The van der Waals surface area contributed by atoms with Crippen LogP contribution in [0.2, 0.25) is 5.02 Å². The first-order chi connectivity index (χ1) is 7.38. The van der Waals surface area contributed by atoms with Gasteiger partial charge in [0.2, 0.25) is 5.91 Å². The molecule has 0 aliphatic heterocycles. The van der Waals surface area contributed by atoms with Crippen molar-refractivity contribution in [2.24, 2.45) is 5.41 Å². The van der Waals surface area contributed by atoms with Crippen molar-refractivity contribution in [2.75, 3.05) is 5.32 Å². The SMILES string of the molecule is CC(C)(C#N)C(=O)Nc1c(F)cccc1Cl. The van der Waals surface area contributed by atoms with Gasteiger partial charge in [-0.15, -0.1) is 0 Å². The Morgan fingerprint density at radius 3 is 2.69 bits per heavy atom. The number of rotatable bonds is 2. The van der Waals surface area contributed by atoms with Gasteiger partial charge in [0.1, 0.15) is 11.2 Å². The molecule has 1 N–H and O–H groups in total. The normalized spacial score (nSPS) is 10.7. The molecule has 1 amide bonds. The van der Waals surface area contributed by atoms with Crippen molar-refractivity contribution < 1.29 is 9.18 Å². The third-order valence-corrected chi connectivity index (χ3v) is 2.36. The van der Waals surface area contributed by atoms with Crippen molar-refractivity contribution in [3.8, 4) is 6.07 Å². The number of amides is 1. The zero-order valence-corrected chi connectivity index (χ0v) is 9.60. The van der Waals surface area contributed by atoms with E-state index in [0.29, 0.717) is 0 Å². The van der Waals surface area contributed by atoms with Crippen molar-refractivity contribution >= 4 is 23.2 Å². The summed E-state index contributed by atoms with van der Waals surface area (Å²) in [5, 5.41) is 11.1. The van der Waals surface area contributed by atoms with Crippen LogP contribution in [0, 0.1) is 22.6 Å². The summed E-state index contributed by atoms with van der Waals surface area (Å²) in [6, 6.07) is 5.90. The highest BCUT2D eigenvalue weighted by Gasteiger charge is 2.28. The van der Waals surface area contributed by atoms with E-state index in [4.69, 9.17) is 16.9 Å². The zero-order valence-electron chi connectivity index (χ0n) is 8.84. The lowest BCUT2D eigenvalue weighted by Gasteiger charge is -2.16. The Bertz CT molecular complexity index is 445. The van der Waals surface area contributed by atoms with Crippen LogP contribution in [0.15, 0.2) is 18.2 Å². The van der Waals surface area contributed by atoms with E-state index in [1.165, 1.54) is 32.0 Å². The zero-order chi connectivity index (χ0) is 12.3. The number of nitriles is 1. The summed E-state index contributed by atoms with van der Waals surface area (Å²) in [7, 11) is 0. The summed E-state index contributed by atoms with van der Waals surface area (Å²) in [5.74, 6) is -1.23. The van der Waals surface area contributed by atoms with Crippen LogP contribution in [0.4, 0.5) is 10.1 Å². The lowest BCUT2D eigenvalue weighted by atomic mass is 9.94. The predicted molar refractivity (Wildman–Crippen MR) is 59.4 cm³/mol. The molecular formula is C11H10ClFN2O. The van der Waals surface area contributed by atoms with Crippen molar-refractivity contribution in [1.82, 2.24) is 0 Å². The first-order valence-electron chi connectivity index (χ1n) is 4.55. The maximum absolute atomic E-state index is 13.3. The number of para-hydroxylation sites is 1. The van der Waals surface area contributed by atoms with E-state index in [1.54, 1.807) is 0 Å². The predicted octanol–water partition coefficient (Wildman–Crippen LogP) is 2.97. The smallest absolute Gasteiger partial charge is 0.244 e. The van der Waals surface area contributed by atoms with Crippen LogP contribution in [-0.4, -0.2) is 5.91 Å². The average Bonchev–Trinajstić information content (AvgIpc) is 2.23. The molecule has 0 aromatic heterocycles. The summed E-state index contributed by atoms with van der Waals surface area (Å²) in [5.41, 5.74) is -1.33. The number of nitrogens with one attached hydrogen (secondary N) is 1. The molecule has 84 valence electrons. The second-order valence-corrected chi connectivity index (χ2v) is 4.19. The highest BCUT2D eigenvalue weighted by molar-refractivity contribution is 6.33. The largest absolute Gasteiger partial charge is 0.321 e. The fourth-order valence-electron chi connectivity index (χ4n) is 0.938. The van der Waals surface area contributed by atoms with Gasteiger partial charge in [-0.05, 0) is 26.0 Å². The molecule has 0 radical (unpaired) electrons. The van der Waals surface area contributed by atoms with Gasteiger partial charge in [0.05, 0.1) is 16.8 Å². The Morgan fingerprint density at radius 1 is 1.56 bits per heavy atom. The molecule has 3 nitrogen and oxygen atoms in total. The average molecular weight is 241 g/mol. The summed E-state index contributed by atoms with van der Waals surface area (Å²) in [4.78, 5) is 11.6. The van der Waals surface area contributed by atoms with Gasteiger partial charge in [-0.1, -0.05) is 17.7 Å². The van der Waals surface area contributed by atoms with Crippen LogP contribution in [0.25, 0.3) is 0 Å². The lowest BCUT2D eigenvalue weighted by molar-refractivity contribution is -0.121. The third-order valence-electron chi connectivity index (χ3n) is 2.05. The number of halogens is 2. The molecule has 16 heavy (non-hydrogen) atoms. The third kappa shape index (κ3) is 2.50. The number of anilines is 1. The van der Waals surface area contributed by atoms with Gasteiger partial charge in [-0.2, -0.15) is 5.26 Å². The summed E-state index contributed by atoms with van der Waals surface area (Å²) < 4.78 is 13.3. The number of benzene rings is 1. The quantitative estimate of drug-likeness (QED) is 0.864. The van der Waals surface area contributed by atoms with Gasteiger partial charge in [0, 0.05) is 0 Å². The van der Waals surface area contributed by atoms with Gasteiger partial charge in [0.25, 0.3) is 0 Å². The number of carbonyl (C=O) groups is 1. The molecule has 1 rings (SSSR count). The summed E-state index contributed by atoms with van der Waals surface area (Å²) >= 11 is 5.73.